The fourth-order valence-electron chi connectivity index (χ4n) is 2.00. The molecule has 2 N–H and O–H groups in total. The lowest BCUT2D eigenvalue weighted by atomic mass is 10.3. The first-order chi connectivity index (χ1) is 10.6. The lowest BCUT2D eigenvalue weighted by Gasteiger charge is -2.08. The van der Waals surface area contributed by atoms with E-state index in [2.05, 4.69) is 10.4 Å². The number of benzene rings is 2. The summed E-state index contributed by atoms with van der Waals surface area (Å²) in [5.74, 6) is 0.540. The molecule has 112 valence electrons. The highest BCUT2D eigenvalue weighted by molar-refractivity contribution is 6.48. The van der Waals surface area contributed by atoms with E-state index in [0.717, 1.165) is 5.69 Å². The van der Waals surface area contributed by atoms with Crippen molar-refractivity contribution >= 4 is 46.3 Å². The lowest BCUT2D eigenvalue weighted by molar-refractivity contribution is 0.853. The Morgan fingerprint density at radius 3 is 2.41 bits per heavy atom. The van der Waals surface area contributed by atoms with Crippen LogP contribution in [0.5, 0.6) is 0 Å². The van der Waals surface area contributed by atoms with Gasteiger partial charge in [-0.3, -0.25) is 9.89 Å². The summed E-state index contributed by atoms with van der Waals surface area (Å²) in [5, 5.41) is 6.79. The number of hydrogen-bond acceptors (Lipinski definition) is 2. The second kappa shape index (κ2) is 6.08. The summed E-state index contributed by atoms with van der Waals surface area (Å²) in [7, 11) is 0. The Morgan fingerprint density at radius 1 is 0.955 bits per heavy atom. The third kappa shape index (κ3) is 2.86. The maximum absolute atomic E-state index is 12.1. The summed E-state index contributed by atoms with van der Waals surface area (Å²) < 4.78 is 1.30. The predicted molar refractivity (Wildman–Crippen MR) is 91.1 cm³/mol. The Bertz CT molecular complexity index is 871. The van der Waals surface area contributed by atoms with E-state index in [1.54, 1.807) is 12.1 Å². The number of hydrogen-bond donors (Lipinski definition) is 2. The van der Waals surface area contributed by atoms with Gasteiger partial charge in [0.05, 0.1) is 20.8 Å². The van der Waals surface area contributed by atoms with Crippen LogP contribution in [0.25, 0.3) is 5.69 Å². The van der Waals surface area contributed by atoms with Crippen molar-refractivity contribution in [1.29, 1.82) is 0 Å². The number of para-hydroxylation sites is 1. The van der Waals surface area contributed by atoms with Crippen LogP contribution in [0.4, 0.5) is 11.5 Å². The smallest absolute Gasteiger partial charge is 0.273 e. The van der Waals surface area contributed by atoms with Crippen LogP contribution in [0.1, 0.15) is 0 Å². The number of aromatic amines is 1. The average molecular weight is 355 g/mol. The van der Waals surface area contributed by atoms with Crippen molar-refractivity contribution < 1.29 is 0 Å². The Hall–Kier alpha value is -1.88. The third-order valence-corrected chi connectivity index (χ3v) is 4.31. The largest absolute Gasteiger partial charge is 0.341 e. The maximum atomic E-state index is 12.1. The van der Waals surface area contributed by atoms with Crippen molar-refractivity contribution in [1.82, 2.24) is 9.78 Å². The minimum absolute atomic E-state index is 0.208. The molecule has 0 aliphatic rings. The number of anilines is 2. The minimum Gasteiger partial charge on any atom is -0.341 e. The first-order valence-electron chi connectivity index (χ1n) is 6.34. The van der Waals surface area contributed by atoms with E-state index < -0.39 is 0 Å². The Labute approximate surface area is 141 Å². The van der Waals surface area contributed by atoms with Crippen molar-refractivity contribution in [2.75, 3.05) is 5.32 Å². The monoisotopic (exact) mass is 353 g/mol. The Balaban J connectivity index is 2.00. The summed E-state index contributed by atoms with van der Waals surface area (Å²) in [6, 6.07) is 14.1. The molecule has 0 atom stereocenters. The van der Waals surface area contributed by atoms with E-state index in [-0.39, 0.29) is 15.6 Å². The highest BCUT2D eigenvalue weighted by Crippen LogP contribution is 2.34. The van der Waals surface area contributed by atoms with Gasteiger partial charge in [0.25, 0.3) is 5.56 Å². The fraction of sp³-hybridized carbons (Fsp3) is 0. The van der Waals surface area contributed by atoms with Gasteiger partial charge in [0.15, 0.2) is 0 Å². The van der Waals surface area contributed by atoms with Gasteiger partial charge in [-0.2, -0.15) is 0 Å². The molecule has 0 radical (unpaired) electrons. The zero-order chi connectivity index (χ0) is 15.7. The molecule has 3 aromatic rings. The first kappa shape index (κ1) is 15.0. The molecule has 0 spiro atoms. The third-order valence-electron chi connectivity index (χ3n) is 3.03. The van der Waals surface area contributed by atoms with Crippen molar-refractivity contribution in [3.8, 4) is 5.69 Å². The molecule has 0 bridgehead atoms. The Kier molecular flexibility index (Phi) is 4.16. The van der Waals surface area contributed by atoms with Gasteiger partial charge in [-0.15, -0.1) is 0 Å². The van der Waals surface area contributed by atoms with Gasteiger partial charge in [0.1, 0.15) is 5.82 Å². The second-order valence-electron chi connectivity index (χ2n) is 4.53. The second-order valence-corrected chi connectivity index (χ2v) is 5.69. The summed E-state index contributed by atoms with van der Waals surface area (Å²) in [5.41, 5.74) is 1.03. The number of nitrogens with one attached hydrogen (secondary N) is 2. The molecule has 3 rings (SSSR count). The van der Waals surface area contributed by atoms with Crippen LogP contribution >= 0.6 is 34.8 Å². The summed E-state index contributed by atoms with van der Waals surface area (Å²) in [6.07, 6.45) is 0. The quantitative estimate of drug-likeness (QED) is 0.659. The molecule has 1 heterocycles. The number of H-pyrrole nitrogens is 1. The molecule has 0 fully saturated rings. The minimum atomic E-state index is -0.265. The summed E-state index contributed by atoms with van der Waals surface area (Å²) in [4.78, 5) is 12.1. The van der Waals surface area contributed by atoms with Crippen molar-refractivity contribution in [3.63, 3.8) is 0 Å². The van der Waals surface area contributed by atoms with Gasteiger partial charge in [-0.05, 0) is 24.3 Å². The first-order valence-corrected chi connectivity index (χ1v) is 7.47. The zero-order valence-corrected chi connectivity index (χ0v) is 13.4. The van der Waals surface area contributed by atoms with Crippen LogP contribution in [0.15, 0.2) is 53.3 Å². The highest BCUT2D eigenvalue weighted by atomic mass is 35.5. The van der Waals surface area contributed by atoms with E-state index in [0.29, 0.717) is 16.5 Å². The molecule has 0 aliphatic heterocycles. The fourth-order valence-corrected chi connectivity index (χ4v) is 2.62. The van der Waals surface area contributed by atoms with Gasteiger partial charge in [0, 0.05) is 11.8 Å². The van der Waals surface area contributed by atoms with E-state index in [1.807, 2.05) is 30.3 Å². The topological polar surface area (TPSA) is 49.8 Å². The van der Waals surface area contributed by atoms with Gasteiger partial charge in [0.2, 0.25) is 0 Å². The molecule has 0 unspecified atom stereocenters. The molecule has 1 aromatic heterocycles. The van der Waals surface area contributed by atoms with E-state index in [9.17, 15) is 4.79 Å². The highest BCUT2D eigenvalue weighted by Gasteiger charge is 2.13. The number of aromatic nitrogens is 2. The van der Waals surface area contributed by atoms with Crippen LogP contribution in [-0.2, 0) is 0 Å². The molecule has 2 aromatic carbocycles. The Morgan fingerprint density at radius 2 is 1.68 bits per heavy atom. The SMILES string of the molecule is O=c1cc(Nc2ccccc2)[nH]n1-c1ccc(Cl)c(Cl)c1Cl. The maximum Gasteiger partial charge on any atom is 0.273 e. The van der Waals surface area contributed by atoms with Crippen LogP contribution in [0, 0.1) is 0 Å². The molecular weight excluding hydrogens is 345 g/mol. The molecule has 4 nitrogen and oxygen atoms in total. The number of nitrogens with zero attached hydrogens (tertiary/aromatic N) is 1. The molecule has 0 saturated carbocycles. The van der Waals surface area contributed by atoms with E-state index in [4.69, 9.17) is 34.8 Å². The van der Waals surface area contributed by atoms with Gasteiger partial charge < -0.3 is 5.32 Å². The molecule has 0 aliphatic carbocycles. The van der Waals surface area contributed by atoms with Crippen molar-refractivity contribution in [2.45, 2.75) is 0 Å². The van der Waals surface area contributed by atoms with Crippen LogP contribution in [-0.4, -0.2) is 9.78 Å². The molecule has 7 heteroatoms. The zero-order valence-electron chi connectivity index (χ0n) is 11.1. The average Bonchev–Trinajstić information content (AvgIpc) is 2.86. The van der Waals surface area contributed by atoms with Crippen molar-refractivity contribution in [2.24, 2.45) is 0 Å². The standard InChI is InChI=1S/C15H10Cl3N3O/c16-10-6-7-11(15(18)14(10)17)21-13(22)8-12(20-21)19-9-4-2-1-3-5-9/h1-8,19-20H. The number of halogens is 3. The normalized spacial score (nSPS) is 10.7. The van der Waals surface area contributed by atoms with E-state index in [1.165, 1.54) is 10.7 Å². The predicted octanol–water partition coefficient (Wildman–Crippen LogP) is 4.87. The van der Waals surface area contributed by atoms with Crippen LogP contribution < -0.4 is 10.9 Å². The van der Waals surface area contributed by atoms with Crippen molar-refractivity contribution in [3.05, 3.63) is 74.0 Å². The molecule has 22 heavy (non-hydrogen) atoms. The van der Waals surface area contributed by atoms with Crippen LogP contribution in [0.2, 0.25) is 15.1 Å². The van der Waals surface area contributed by atoms with Crippen LogP contribution in [0.3, 0.4) is 0 Å². The number of rotatable bonds is 3. The van der Waals surface area contributed by atoms with Gasteiger partial charge in [-0.1, -0.05) is 53.0 Å². The molecule has 0 saturated heterocycles. The summed E-state index contributed by atoms with van der Waals surface area (Å²) >= 11 is 18.1. The van der Waals surface area contributed by atoms with Gasteiger partial charge in [-0.25, -0.2) is 4.68 Å². The summed E-state index contributed by atoms with van der Waals surface area (Å²) in [6.45, 7) is 0. The molecular formula is C15H10Cl3N3O. The molecule has 0 amide bonds. The lowest BCUT2D eigenvalue weighted by Crippen LogP contribution is -2.13. The van der Waals surface area contributed by atoms with Gasteiger partial charge >= 0.3 is 0 Å². The van der Waals surface area contributed by atoms with E-state index >= 15 is 0 Å².